The Labute approximate surface area is 242 Å². The monoisotopic (exact) mass is 576 g/mol. The number of rotatable bonds is 13. The van der Waals surface area contributed by atoms with Crippen molar-refractivity contribution in [2.75, 3.05) is 38.9 Å². The number of benzene rings is 3. The fourth-order valence-corrected chi connectivity index (χ4v) is 4.99. The fraction of sp³-hybridized carbons (Fsp3) is 0.267. The van der Waals surface area contributed by atoms with Crippen molar-refractivity contribution in [2.45, 2.75) is 24.5 Å². The molecule has 41 heavy (non-hydrogen) atoms. The molecule has 0 radical (unpaired) electrons. The van der Waals surface area contributed by atoms with Gasteiger partial charge in [-0.15, -0.1) is 0 Å². The van der Waals surface area contributed by atoms with Gasteiger partial charge in [0, 0.05) is 31.3 Å². The third kappa shape index (κ3) is 7.79. The minimum Gasteiger partial charge on any atom is -0.497 e. The van der Waals surface area contributed by atoms with Crippen molar-refractivity contribution in [3.8, 4) is 17.2 Å². The summed E-state index contributed by atoms with van der Waals surface area (Å²) in [6, 6.07) is 19.7. The van der Waals surface area contributed by atoms with Gasteiger partial charge in [0.25, 0.3) is 5.56 Å². The summed E-state index contributed by atoms with van der Waals surface area (Å²) in [5.74, 6) is 1.47. The molecule has 4 rings (SSSR count). The number of carbonyl (C=O) groups is 2. The number of aromatic nitrogens is 2. The summed E-state index contributed by atoms with van der Waals surface area (Å²) in [5.41, 5.74) is 1.86. The van der Waals surface area contributed by atoms with Crippen LogP contribution in [0.15, 0.2) is 76.7 Å². The molecule has 0 aliphatic heterocycles. The maximum absolute atomic E-state index is 13.3. The largest absolute Gasteiger partial charge is 0.497 e. The first-order valence-corrected chi connectivity index (χ1v) is 13.9. The number of para-hydroxylation sites is 1. The molecule has 214 valence electrons. The zero-order valence-corrected chi connectivity index (χ0v) is 24.0. The van der Waals surface area contributed by atoms with Crippen LogP contribution in [0.1, 0.15) is 12.0 Å². The summed E-state index contributed by atoms with van der Waals surface area (Å²) in [5, 5.41) is 6.55. The van der Waals surface area contributed by atoms with Crippen LogP contribution in [0.3, 0.4) is 0 Å². The van der Waals surface area contributed by atoms with Crippen LogP contribution < -0.4 is 30.4 Å². The molecule has 0 bridgehead atoms. The molecule has 4 aromatic rings. The third-order valence-corrected chi connectivity index (χ3v) is 7.24. The van der Waals surface area contributed by atoms with Crippen molar-refractivity contribution < 1.29 is 23.8 Å². The number of hydrogen-bond donors (Lipinski definition) is 2. The predicted molar refractivity (Wildman–Crippen MR) is 159 cm³/mol. The van der Waals surface area contributed by atoms with E-state index in [0.717, 1.165) is 17.3 Å². The SMILES string of the molecule is COc1cccc(NC(=O)CSc2nc3ccccc3c(=O)n2CCC(=O)NCCc2ccc(OC)c(OC)c2)c1. The second kappa shape index (κ2) is 14.2. The standard InChI is InChI=1S/C30H32N4O6S/c1-38-22-8-6-7-21(18-22)32-28(36)19-41-30-33-24-10-5-4-9-23(24)29(37)34(30)16-14-27(35)31-15-13-20-11-12-25(39-2)26(17-20)40-3/h4-12,17-18H,13-16,19H2,1-3H3,(H,31,35)(H,32,36). The van der Waals surface area contributed by atoms with Crippen molar-refractivity contribution in [2.24, 2.45) is 0 Å². The molecule has 0 aliphatic rings. The van der Waals surface area contributed by atoms with Gasteiger partial charge in [-0.25, -0.2) is 4.98 Å². The van der Waals surface area contributed by atoms with Gasteiger partial charge < -0.3 is 24.8 Å². The van der Waals surface area contributed by atoms with Gasteiger partial charge in [-0.05, 0) is 48.4 Å². The zero-order chi connectivity index (χ0) is 29.2. The molecule has 0 spiro atoms. The Balaban J connectivity index is 1.39. The molecular formula is C30H32N4O6S. The van der Waals surface area contributed by atoms with Crippen LogP contribution in [0.25, 0.3) is 10.9 Å². The van der Waals surface area contributed by atoms with Crippen LogP contribution in [0.4, 0.5) is 5.69 Å². The van der Waals surface area contributed by atoms with E-state index >= 15 is 0 Å². The summed E-state index contributed by atoms with van der Waals surface area (Å²) in [7, 11) is 4.71. The Morgan fingerprint density at radius 2 is 1.71 bits per heavy atom. The van der Waals surface area contributed by atoms with Crippen molar-refractivity contribution >= 4 is 40.2 Å². The summed E-state index contributed by atoms with van der Waals surface area (Å²) >= 11 is 1.14. The zero-order valence-electron chi connectivity index (χ0n) is 23.1. The summed E-state index contributed by atoms with van der Waals surface area (Å²) in [6.45, 7) is 0.546. The normalized spacial score (nSPS) is 10.7. The Hall–Kier alpha value is -4.51. The van der Waals surface area contributed by atoms with E-state index in [1.54, 1.807) is 69.9 Å². The average molecular weight is 577 g/mol. The van der Waals surface area contributed by atoms with E-state index in [-0.39, 0.29) is 36.1 Å². The maximum Gasteiger partial charge on any atom is 0.262 e. The molecule has 3 aromatic carbocycles. The lowest BCUT2D eigenvalue weighted by atomic mass is 10.1. The van der Waals surface area contributed by atoms with Crippen LogP contribution in [0, 0.1) is 0 Å². The Kier molecular flexibility index (Phi) is 10.2. The minimum absolute atomic E-state index is 0.0273. The lowest BCUT2D eigenvalue weighted by Gasteiger charge is -2.14. The van der Waals surface area contributed by atoms with Crippen LogP contribution in [-0.2, 0) is 22.6 Å². The Bertz CT molecular complexity index is 1590. The lowest BCUT2D eigenvalue weighted by Crippen LogP contribution is -2.30. The molecule has 0 fully saturated rings. The molecule has 0 atom stereocenters. The van der Waals surface area contributed by atoms with Crippen LogP contribution >= 0.6 is 11.8 Å². The lowest BCUT2D eigenvalue weighted by molar-refractivity contribution is -0.121. The second-order valence-electron chi connectivity index (χ2n) is 8.98. The first-order valence-electron chi connectivity index (χ1n) is 13.0. The van der Waals surface area contributed by atoms with E-state index < -0.39 is 0 Å². The number of hydrogen-bond acceptors (Lipinski definition) is 8. The number of nitrogens with zero attached hydrogens (tertiary/aromatic N) is 2. The number of methoxy groups -OCH3 is 3. The molecule has 2 N–H and O–H groups in total. The van der Waals surface area contributed by atoms with Gasteiger partial charge in [-0.3, -0.25) is 19.0 Å². The van der Waals surface area contributed by atoms with Crippen LogP contribution in [0.5, 0.6) is 17.2 Å². The van der Waals surface area contributed by atoms with E-state index in [4.69, 9.17) is 14.2 Å². The molecule has 0 aliphatic carbocycles. The number of anilines is 1. The molecular weight excluding hydrogens is 544 g/mol. The van der Waals surface area contributed by atoms with E-state index in [9.17, 15) is 14.4 Å². The molecule has 2 amide bonds. The van der Waals surface area contributed by atoms with Crippen molar-refractivity contribution in [1.82, 2.24) is 14.9 Å². The van der Waals surface area contributed by atoms with Gasteiger partial charge in [0.05, 0.1) is 38.0 Å². The number of nitrogens with one attached hydrogen (secondary N) is 2. The molecule has 11 heteroatoms. The summed E-state index contributed by atoms with van der Waals surface area (Å²) in [4.78, 5) is 43.3. The minimum atomic E-state index is -0.260. The van der Waals surface area contributed by atoms with Gasteiger partial charge in [0.1, 0.15) is 5.75 Å². The van der Waals surface area contributed by atoms with Gasteiger partial charge in [0.15, 0.2) is 16.7 Å². The fourth-order valence-electron chi connectivity index (χ4n) is 4.17. The van der Waals surface area contributed by atoms with Gasteiger partial charge in [0.2, 0.25) is 11.8 Å². The molecule has 0 saturated carbocycles. The first kappa shape index (κ1) is 29.5. The third-order valence-electron chi connectivity index (χ3n) is 6.26. The highest BCUT2D eigenvalue weighted by Gasteiger charge is 2.15. The van der Waals surface area contributed by atoms with Crippen molar-refractivity contribution in [3.63, 3.8) is 0 Å². The number of carbonyl (C=O) groups excluding carboxylic acids is 2. The highest BCUT2D eigenvalue weighted by atomic mass is 32.2. The van der Waals surface area contributed by atoms with Crippen molar-refractivity contribution in [3.05, 3.63) is 82.6 Å². The molecule has 1 heterocycles. The van der Waals surface area contributed by atoms with Gasteiger partial charge >= 0.3 is 0 Å². The number of fused-ring (bicyclic) bond motifs is 1. The molecule has 0 unspecified atom stereocenters. The second-order valence-corrected chi connectivity index (χ2v) is 9.92. The van der Waals surface area contributed by atoms with Gasteiger partial charge in [-0.1, -0.05) is 36.0 Å². The number of amides is 2. The van der Waals surface area contributed by atoms with E-state index in [1.807, 2.05) is 18.2 Å². The van der Waals surface area contributed by atoms with E-state index in [1.165, 1.54) is 4.57 Å². The van der Waals surface area contributed by atoms with Crippen LogP contribution in [0.2, 0.25) is 0 Å². The van der Waals surface area contributed by atoms with Crippen molar-refractivity contribution in [1.29, 1.82) is 0 Å². The predicted octanol–water partition coefficient (Wildman–Crippen LogP) is 3.90. The first-order chi connectivity index (χ1) is 19.9. The highest BCUT2D eigenvalue weighted by Crippen LogP contribution is 2.27. The molecule has 10 nitrogen and oxygen atoms in total. The summed E-state index contributed by atoms with van der Waals surface area (Å²) < 4.78 is 17.3. The quantitative estimate of drug-likeness (QED) is 0.182. The maximum atomic E-state index is 13.3. The topological polar surface area (TPSA) is 121 Å². The van der Waals surface area contributed by atoms with Gasteiger partial charge in [-0.2, -0.15) is 0 Å². The Morgan fingerprint density at radius 3 is 2.49 bits per heavy atom. The summed E-state index contributed by atoms with van der Waals surface area (Å²) in [6.07, 6.45) is 0.683. The highest BCUT2D eigenvalue weighted by molar-refractivity contribution is 7.99. The Morgan fingerprint density at radius 1 is 0.902 bits per heavy atom. The molecule has 1 aromatic heterocycles. The van der Waals surface area contributed by atoms with Crippen LogP contribution in [-0.4, -0.2) is 55.0 Å². The average Bonchev–Trinajstić information content (AvgIpc) is 2.99. The smallest absolute Gasteiger partial charge is 0.262 e. The molecule has 0 saturated heterocycles. The number of ether oxygens (including phenoxy) is 3. The van der Waals surface area contributed by atoms with E-state index in [2.05, 4.69) is 15.6 Å². The number of thioether (sulfide) groups is 1. The van der Waals surface area contributed by atoms with E-state index in [0.29, 0.717) is 52.0 Å².